The van der Waals surface area contributed by atoms with Crippen LogP contribution in [0.1, 0.15) is 33.3 Å². The molecule has 0 aromatic heterocycles. The van der Waals surface area contributed by atoms with Gasteiger partial charge in [0.15, 0.2) is 0 Å². The van der Waals surface area contributed by atoms with Crippen LogP contribution >= 0.6 is 0 Å². The molecule has 0 radical (unpaired) electrons. The summed E-state index contributed by atoms with van der Waals surface area (Å²) in [7, 11) is -1.11. The highest BCUT2D eigenvalue weighted by Gasteiger charge is 2.53. The van der Waals surface area contributed by atoms with E-state index in [1.807, 2.05) is 27.7 Å². The van der Waals surface area contributed by atoms with E-state index in [9.17, 15) is 13.2 Å². The Labute approximate surface area is 151 Å². The van der Waals surface area contributed by atoms with Crippen LogP contribution in [0.15, 0.2) is 48.2 Å². The van der Waals surface area contributed by atoms with Gasteiger partial charge in [-0.2, -0.15) is 0 Å². The van der Waals surface area contributed by atoms with Gasteiger partial charge in [-0.25, -0.2) is 13.2 Å². The second kappa shape index (κ2) is 6.60. The number of hydrogen-bond donors (Lipinski definition) is 0. The van der Waals surface area contributed by atoms with Crippen LogP contribution in [-0.2, 0) is 9.31 Å². The molecule has 2 aromatic carbocycles. The molecule has 0 saturated carbocycles. The van der Waals surface area contributed by atoms with Gasteiger partial charge in [-0.1, -0.05) is 18.2 Å². The summed E-state index contributed by atoms with van der Waals surface area (Å²) in [6, 6.07) is 9.69. The van der Waals surface area contributed by atoms with Gasteiger partial charge in [-0.05, 0) is 69.2 Å². The Balaban J connectivity index is 1.90. The van der Waals surface area contributed by atoms with E-state index in [4.69, 9.17) is 9.31 Å². The lowest BCUT2D eigenvalue weighted by atomic mass is 9.86. The third-order valence-corrected chi connectivity index (χ3v) is 4.93. The summed E-state index contributed by atoms with van der Waals surface area (Å²) in [6.07, 6.45) is 1.26. The van der Waals surface area contributed by atoms with E-state index >= 15 is 0 Å². The van der Waals surface area contributed by atoms with Crippen molar-refractivity contribution in [3.05, 3.63) is 65.4 Å². The van der Waals surface area contributed by atoms with Gasteiger partial charge in [0.2, 0.25) is 0 Å². The van der Waals surface area contributed by atoms with Crippen LogP contribution in [0.5, 0.6) is 0 Å². The first-order chi connectivity index (χ1) is 12.1. The molecular formula is C20H20BF3O2. The monoisotopic (exact) mass is 360 g/mol. The van der Waals surface area contributed by atoms with Gasteiger partial charge >= 0.3 is 7.12 Å². The second-order valence-electron chi connectivity index (χ2n) is 7.36. The zero-order valence-corrected chi connectivity index (χ0v) is 15.1. The molecule has 1 aliphatic heterocycles. The molecule has 26 heavy (non-hydrogen) atoms. The Morgan fingerprint density at radius 2 is 1.50 bits per heavy atom. The summed E-state index contributed by atoms with van der Waals surface area (Å²) in [5.74, 6) is -0.873. The van der Waals surface area contributed by atoms with Crippen molar-refractivity contribution in [3.8, 4) is 11.1 Å². The average molecular weight is 360 g/mol. The second-order valence-corrected chi connectivity index (χ2v) is 7.36. The van der Waals surface area contributed by atoms with Crippen LogP contribution in [0, 0.1) is 11.6 Å². The largest absolute Gasteiger partial charge is 0.525 e. The minimum Gasteiger partial charge on any atom is -0.398 e. The van der Waals surface area contributed by atoms with Crippen LogP contribution in [0.3, 0.4) is 0 Å². The van der Waals surface area contributed by atoms with Gasteiger partial charge in [0.1, 0.15) is 17.4 Å². The Morgan fingerprint density at radius 1 is 0.923 bits per heavy atom. The van der Waals surface area contributed by atoms with E-state index in [-0.39, 0.29) is 5.56 Å². The van der Waals surface area contributed by atoms with E-state index in [0.29, 0.717) is 11.1 Å². The Bertz CT molecular complexity index is 829. The minimum absolute atomic E-state index is 0.264. The highest BCUT2D eigenvalue weighted by Crippen LogP contribution is 2.39. The zero-order valence-electron chi connectivity index (χ0n) is 15.1. The summed E-state index contributed by atoms with van der Waals surface area (Å²) >= 11 is 0. The summed E-state index contributed by atoms with van der Waals surface area (Å²) in [6.45, 7) is 7.35. The highest BCUT2D eigenvalue weighted by atomic mass is 19.1. The van der Waals surface area contributed by atoms with Crippen molar-refractivity contribution < 1.29 is 22.5 Å². The Morgan fingerprint density at radius 3 is 2.08 bits per heavy atom. The quantitative estimate of drug-likeness (QED) is 0.666. The van der Waals surface area contributed by atoms with Crippen LogP contribution in [0.2, 0.25) is 0 Å². The van der Waals surface area contributed by atoms with Crippen molar-refractivity contribution in [3.63, 3.8) is 0 Å². The third kappa shape index (κ3) is 3.57. The Kier molecular flexibility index (Phi) is 4.75. The predicted octanol–water partition coefficient (Wildman–Crippen LogP) is 5.57. The van der Waals surface area contributed by atoms with Crippen LogP contribution < -0.4 is 0 Å². The number of benzene rings is 2. The molecule has 0 amide bonds. The average Bonchev–Trinajstić information content (AvgIpc) is 2.78. The molecule has 0 aliphatic carbocycles. The van der Waals surface area contributed by atoms with Crippen molar-refractivity contribution in [2.24, 2.45) is 0 Å². The van der Waals surface area contributed by atoms with E-state index < -0.39 is 35.7 Å². The maximum atomic E-state index is 14.6. The number of rotatable bonds is 3. The van der Waals surface area contributed by atoms with E-state index in [1.165, 1.54) is 48.5 Å². The number of halogens is 3. The maximum absolute atomic E-state index is 14.6. The zero-order chi connectivity index (χ0) is 19.1. The smallest absolute Gasteiger partial charge is 0.398 e. The third-order valence-electron chi connectivity index (χ3n) is 4.93. The summed E-state index contributed by atoms with van der Waals surface area (Å²) < 4.78 is 53.2. The molecule has 0 bridgehead atoms. The van der Waals surface area contributed by atoms with Crippen molar-refractivity contribution >= 4 is 13.2 Å². The van der Waals surface area contributed by atoms with Crippen molar-refractivity contribution in [1.29, 1.82) is 0 Å². The molecule has 0 spiro atoms. The van der Waals surface area contributed by atoms with Crippen molar-refractivity contribution in [1.82, 2.24) is 0 Å². The van der Waals surface area contributed by atoms with Gasteiger partial charge in [0.05, 0.1) is 11.2 Å². The first kappa shape index (κ1) is 18.7. The van der Waals surface area contributed by atoms with Crippen molar-refractivity contribution in [2.75, 3.05) is 0 Å². The fourth-order valence-electron chi connectivity index (χ4n) is 2.67. The summed E-state index contributed by atoms with van der Waals surface area (Å²) in [5, 5.41) is 0. The fourth-order valence-corrected chi connectivity index (χ4v) is 2.67. The molecule has 1 aliphatic rings. The summed E-state index contributed by atoms with van der Waals surface area (Å²) in [4.78, 5) is 0. The maximum Gasteiger partial charge on any atom is 0.525 e. The standard InChI is InChI=1S/C20H20BF3O2/c1-19(2)20(3,4)26-21(25-19)18(24)12-13-5-10-17(23)16(11-13)14-6-8-15(22)9-7-14/h5-12H,1-4H3. The molecule has 1 saturated heterocycles. The van der Waals surface area contributed by atoms with Crippen LogP contribution in [-0.4, -0.2) is 18.3 Å². The van der Waals surface area contributed by atoms with Gasteiger partial charge < -0.3 is 9.31 Å². The Hall–Kier alpha value is -2.05. The molecule has 0 atom stereocenters. The molecule has 2 nitrogen and oxygen atoms in total. The topological polar surface area (TPSA) is 18.5 Å². The van der Waals surface area contributed by atoms with Gasteiger partial charge in [0.25, 0.3) is 0 Å². The molecule has 1 heterocycles. The normalized spacial score (nSPS) is 19.0. The van der Waals surface area contributed by atoms with Crippen molar-refractivity contribution in [2.45, 2.75) is 38.9 Å². The fraction of sp³-hybridized carbons (Fsp3) is 0.300. The van der Waals surface area contributed by atoms with Gasteiger partial charge in [-0.15, -0.1) is 0 Å². The molecule has 1 fully saturated rings. The SMILES string of the molecule is CC1(C)OB(C(F)=Cc2ccc(F)c(-c3ccc(F)cc3)c2)OC1(C)C. The molecule has 3 rings (SSSR count). The van der Waals surface area contributed by atoms with E-state index in [2.05, 4.69) is 0 Å². The molecule has 136 valence electrons. The number of hydrogen-bond acceptors (Lipinski definition) is 2. The highest BCUT2D eigenvalue weighted by molar-refractivity contribution is 6.54. The summed E-state index contributed by atoms with van der Waals surface area (Å²) in [5.41, 5.74) is -0.663. The van der Waals surface area contributed by atoms with E-state index in [1.54, 1.807) is 0 Å². The molecular weight excluding hydrogens is 340 g/mol. The van der Waals surface area contributed by atoms with Gasteiger partial charge in [-0.3, -0.25) is 0 Å². The molecule has 0 N–H and O–H groups in total. The molecule has 0 unspecified atom stereocenters. The molecule has 6 heteroatoms. The lowest BCUT2D eigenvalue weighted by Crippen LogP contribution is -2.41. The minimum atomic E-state index is -1.11. The molecule has 2 aromatic rings. The predicted molar refractivity (Wildman–Crippen MR) is 97.0 cm³/mol. The van der Waals surface area contributed by atoms with Crippen LogP contribution in [0.25, 0.3) is 17.2 Å². The lowest BCUT2D eigenvalue weighted by molar-refractivity contribution is 0.00578. The van der Waals surface area contributed by atoms with E-state index in [0.717, 1.165) is 0 Å². The lowest BCUT2D eigenvalue weighted by Gasteiger charge is -2.32. The van der Waals surface area contributed by atoms with Gasteiger partial charge in [0, 0.05) is 5.56 Å². The first-order valence-electron chi connectivity index (χ1n) is 8.37. The first-order valence-corrected chi connectivity index (χ1v) is 8.37. The van der Waals surface area contributed by atoms with Crippen LogP contribution in [0.4, 0.5) is 13.2 Å².